The lowest BCUT2D eigenvalue weighted by Crippen LogP contribution is -2.24. The van der Waals surface area contributed by atoms with Gasteiger partial charge in [-0.3, -0.25) is 4.79 Å². The maximum atomic E-state index is 11.7. The Kier molecular flexibility index (Phi) is 4.30. The van der Waals surface area contributed by atoms with E-state index in [0.29, 0.717) is 13.0 Å². The predicted molar refractivity (Wildman–Crippen MR) is 73.3 cm³/mol. The number of carbonyl (C=O) groups excluding carboxylic acids is 1. The van der Waals surface area contributed by atoms with Crippen LogP contribution in [0.3, 0.4) is 0 Å². The van der Waals surface area contributed by atoms with Crippen LogP contribution >= 0.6 is 11.3 Å². The van der Waals surface area contributed by atoms with Crippen LogP contribution in [0.4, 0.5) is 0 Å². The molecule has 0 aliphatic rings. The Balaban J connectivity index is 1.84. The van der Waals surface area contributed by atoms with E-state index in [1.807, 2.05) is 16.8 Å². The first-order valence-electron chi connectivity index (χ1n) is 5.75. The zero-order chi connectivity index (χ0) is 13.7. The molecule has 2 aromatic rings. The van der Waals surface area contributed by atoms with Crippen molar-refractivity contribution < 1.29 is 14.7 Å². The number of nitrogens with one attached hydrogen (secondary N) is 1. The van der Waals surface area contributed by atoms with Gasteiger partial charge in [-0.15, -0.1) is 0 Å². The molecule has 98 valence electrons. The molecule has 0 aliphatic heterocycles. The van der Waals surface area contributed by atoms with Crippen molar-refractivity contribution >= 4 is 23.2 Å². The summed E-state index contributed by atoms with van der Waals surface area (Å²) in [6.45, 7) is 0.406. The van der Waals surface area contributed by atoms with Crippen LogP contribution in [0, 0.1) is 0 Å². The second kappa shape index (κ2) is 6.15. The van der Waals surface area contributed by atoms with E-state index in [1.54, 1.807) is 23.5 Å². The second-order valence-electron chi connectivity index (χ2n) is 4.09. The predicted octanol–water partition coefficient (Wildman–Crippen LogP) is 2.31. The third-order valence-corrected chi connectivity index (χ3v) is 3.37. The summed E-state index contributed by atoms with van der Waals surface area (Å²) < 4.78 is 0. The minimum atomic E-state index is -0.951. The number of rotatable bonds is 5. The third kappa shape index (κ3) is 3.93. The fourth-order valence-corrected chi connectivity index (χ4v) is 2.28. The number of hydrogen-bond donors (Lipinski definition) is 2. The first-order chi connectivity index (χ1) is 9.15. The van der Waals surface area contributed by atoms with Crippen molar-refractivity contribution in [3.63, 3.8) is 0 Å². The number of aromatic carboxylic acids is 1. The lowest BCUT2D eigenvalue weighted by atomic mass is 10.1. The van der Waals surface area contributed by atoms with Crippen molar-refractivity contribution in [2.45, 2.75) is 13.0 Å². The zero-order valence-electron chi connectivity index (χ0n) is 10.1. The SMILES string of the molecule is O=C(Cc1ccsc1)NCc1ccc(C(=O)O)cc1. The number of amides is 1. The van der Waals surface area contributed by atoms with Crippen molar-refractivity contribution in [2.75, 3.05) is 0 Å². The van der Waals surface area contributed by atoms with E-state index in [0.717, 1.165) is 11.1 Å². The van der Waals surface area contributed by atoms with E-state index in [4.69, 9.17) is 5.11 Å². The molecule has 0 atom stereocenters. The van der Waals surface area contributed by atoms with Crippen LogP contribution in [-0.4, -0.2) is 17.0 Å². The van der Waals surface area contributed by atoms with Crippen LogP contribution < -0.4 is 5.32 Å². The molecule has 1 amide bonds. The molecule has 0 saturated carbocycles. The second-order valence-corrected chi connectivity index (χ2v) is 4.87. The molecule has 0 bridgehead atoms. The Bertz CT molecular complexity index is 561. The van der Waals surface area contributed by atoms with E-state index in [2.05, 4.69) is 5.32 Å². The molecule has 0 spiro atoms. The molecule has 0 aliphatic carbocycles. The third-order valence-electron chi connectivity index (χ3n) is 2.64. The maximum Gasteiger partial charge on any atom is 0.335 e. The normalized spacial score (nSPS) is 10.1. The topological polar surface area (TPSA) is 66.4 Å². The lowest BCUT2D eigenvalue weighted by molar-refractivity contribution is -0.120. The van der Waals surface area contributed by atoms with Gasteiger partial charge in [0.25, 0.3) is 0 Å². The van der Waals surface area contributed by atoms with E-state index in [1.165, 1.54) is 12.1 Å². The summed E-state index contributed by atoms with van der Waals surface area (Å²) in [7, 11) is 0. The Morgan fingerprint density at radius 2 is 1.84 bits per heavy atom. The molecular formula is C14H13NO3S. The summed E-state index contributed by atoms with van der Waals surface area (Å²) in [5, 5.41) is 15.5. The van der Waals surface area contributed by atoms with E-state index in [9.17, 15) is 9.59 Å². The molecule has 2 rings (SSSR count). The molecule has 0 saturated heterocycles. The van der Waals surface area contributed by atoms with Gasteiger partial charge in [-0.05, 0) is 40.1 Å². The zero-order valence-corrected chi connectivity index (χ0v) is 10.9. The minimum Gasteiger partial charge on any atom is -0.478 e. The summed E-state index contributed by atoms with van der Waals surface area (Å²) in [5.41, 5.74) is 2.13. The van der Waals surface area contributed by atoms with Gasteiger partial charge >= 0.3 is 5.97 Å². The monoisotopic (exact) mass is 275 g/mol. The van der Waals surface area contributed by atoms with Crippen LogP contribution in [0.1, 0.15) is 21.5 Å². The van der Waals surface area contributed by atoms with Crippen LogP contribution in [-0.2, 0) is 17.8 Å². The molecule has 1 aromatic heterocycles. The Labute approximate surface area is 114 Å². The summed E-state index contributed by atoms with van der Waals surface area (Å²) >= 11 is 1.56. The fraction of sp³-hybridized carbons (Fsp3) is 0.143. The van der Waals surface area contributed by atoms with Gasteiger partial charge in [-0.1, -0.05) is 12.1 Å². The highest BCUT2D eigenvalue weighted by Gasteiger charge is 2.05. The molecule has 0 radical (unpaired) electrons. The fourth-order valence-electron chi connectivity index (χ4n) is 1.61. The summed E-state index contributed by atoms with van der Waals surface area (Å²) in [6.07, 6.45) is 0.372. The highest BCUT2D eigenvalue weighted by molar-refractivity contribution is 7.07. The molecular weight excluding hydrogens is 262 g/mol. The number of carboxylic acid groups (broad SMARTS) is 1. The van der Waals surface area contributed by atoms with Crippen LogP contribution in [0.15, 0.2) is 41.1 Å². The maximum absolute atomic E-state index is 11.7. The summed E-state index contributed by atoms with van der Waals surface area (Å²) in [5.74, 6) is -0.992. The number of benzene rings is 1. The van der Waals surface area contributed by atoms with Crippen molar-refractivity contribution in [3.05, 3.63) is 57.8 Å². The van der Waals surface area contributed by atoms with Crippen molar-refractivity contribution in [2.24, 2.45) is 0 Å². The van der Waals surface area contributed by atoms with E-state index < -0.39 is 5.97 Å². The van der Waals surface area contributed by atoms with Crippen LogP contribution in [0.25, 0.3) is 0 Å². The minimum absolute atomic E-state index is 0.0410. The van der Waals surface area contributed by atoms with Crippen molar-refractivity contribution in [1.82, 2.24) is 5.32 Å². The van der Waals surface area contributed by atoms with Gasteiger partial charge in [0, 0.05) is 6.54 Å². The van der Waals surface area contributed by atoms with E-state index >= 15 is 0 Å². The molecule has 19 heavy (non-hydrogen) atoms. The smallest absolute Gasteiger partial charge is 0.335 e. The van der Waals surface area contributed by atoms with Crippen LogP contribution in [0.5, 0.6) is 0 Å². The average molecular weight is 275 g/mol. The number of carboxylic acids is 1. The molecule has 1 heterocycles. The van der Waals surface area contributed by atoms with Gasteiger partial charge < -0.3 is 10.4 Å². The Morgan fingerprint density at radius 3 is 2.42 bits per heavy atom. The number of hydrogen-bond acceptors (Lipinski definition) is 3. The van der Waals surface area contributed by atoms with Crippen molar-refractivity contribution in [1.29, 1.82) is 0 Å². The standard InChI is InChI=1S/C14H13NO3S/c16-13(7-11-5-6-19-9-11)15-8-10-1-3-12(4-2-10)14(17)18/h1-6,9H,7-8H2,(H,15,16)(H,17,18). The molecule has 0 unspecified atom stereocenters. The molecule has 2 N–H and O–H groups in total. The van der Waals surface area contributed by atoms with E-state index in [-0.39, 0.29) is 11.5 Å². The van der Waals surface area contributed by atoms with Gasteiger partial charge in [0.05, 0.1) is 12.0 Å². The molecule has 4 nitrogen and oxygen atoms in total. The van der Waals surface area contributed by atoms with Gasteiger partial charge in [0.15, 0.2) is 0 Å². The first kappa shape index (κ1) is 13.3. The highest BCUT2D eigenvalue weighted by Crippen LogP contribution is 2.07. The average Bonchev–Trinajstić information content (AvgIpc) is 2.89. The molecule has 5 heteroatoms. The lowest BCUT2D eigenvalue weighted by Gasteiger charge is -2.05. The number of thiophene rings is 1. The Morgan fingerprint density at radius 1 is 1.11 bits per heavy atom. The highest BCUT2D eigenvalue weighted by atomic mass is 32.1. The van der Waals surface area contributed by atoms with Crippen LogP contribution in [0.2, 0.25) is 0 Å². The first-order valence-corrected chi connectivity index (χ1v) is 6.69. The Hall–Kier alpha value is -2.14. The quantitative estimate of drug-likeness (QED) is 0.880. The number of carbonyl (C=O) groups is 2. The largest absolute Gasteiger partial charge is 0.478 e. The molecule has 1 aromatic carbocycles. The summed E-state index contributed by atoms with van der Waals surface area (Å²) in [4.78, 5) is 22.3. The molecule has 0 fully saturated rings. The van der Waals surface area contributed by atoms with Gasteiger partial charge in [0.1, 0.15) is 0 Å². The van der Waals surface area contributed by atoms with Gasteiger partial charge in [0.2, 0.25) is 5.91 Å². The van der Waals surface area contributed by atoms with Gasteiger partial charge in [-0.25, -0.2) is 4.79 Å². The van der Waals surface area contributed by atoms with Gasteiger partial charge in [-0.2, -0.15) is 11.3 Å². The van der Waals surface area contributed by atoms with Crippen molar-refractivity contribution in [3.8, 4) is 0 Å². The summed E-state index contributed by atoms with van der Waals surface area (Å²) in [6, 6.07) is 8.39.